The number of hydrogen-bond acceptors (Lipinski definition) is 7. The second-order valence-corrected chi connectivity index (χ2v) is 9.25. The highest BCUT2D eigenvalue weighted by Crippen LogP contribution is 2.26. The maximum Gasteiger partial charge on any atom is 0.350 e. The number of thiazole rings is 1. The van der Waals surface area contributed by atoms with Crippen LogP contribution in [0, 0.1) is 13.8 Å². The van der Waals surface area contributed by atoms with Crippen molar-refractivity contribution in [2.24, 2.45) is 0 Å². The molecule has 0 aliphatic heterocycles. The van der Waals surface area contributed by atoms with E-state index in [1.165, 1.54) is 24.3 Å². The van der Waals surface area contributed by atoms with Gasteiger partial charge in [0.05, 0.1) is 28.4 Å². The molecule has 0 aliphatic rings. The summed E-state index contributed by atoms with van der Waals surface area (Å²) in [5.74, 6) is -1.07. The first-order chi connectivity index (χ1) is 14.7. The van der Waals surface area contributed by atoms with E-state index in [9.17, 15) is 18.0 Å². The molecule has 3 aromatic rings. The number of ether oxygens (including phenoxy) is 1. The molecule has 0 radical (unpaired) electrons. The van der Waals surface area contributed by atoms with Gasteiger partial charge in [0.15, 0.2) is 5.13 Å². The number of sulfonamides is 1. The summed E-state index contributed by atoms with van der Waals surface area (Å²) in [6, 6.07) is 12.6. The number of aryl methyl sites for hydroxylation is 2. The van der Waals surface area contributed by atoms with E-state index in [4.69, 9.17) is 4.74 Å². The summed E-state index contributed by atoms with van der Waals surface area (Å²) in [7, 11) is -3.88. The number of anilines is 2. The molecule has 0 saturated carbocycles. The summed E-state index contributed by atoms with van der Waals surface area (Å²) >= 11 is 0.991. The first-order valence-corrected chi connectivity index (χ1v) is 11.7. The van der Waals surface area contributed by atoms with Crippen LogP contribution in [0.1, 0.15) is 38.2 Å². The molecule has 1 heterocycles. The molecular weight excluding hydrogens is 438 g/mol. The molecule has 2 N–H and O–H groups in total. The minimum atomic E-state index is -3.88. The summed E-state index contributed by atoms with van der Waals surface area (Å²) in [5, 5.41) is 2.83. The van der Waals surface area contributed by atoms with Crippen LogP contribution in [-0.2, 0) is 14.8 Å². The minimum absolute atomic E-state index is 0.0861. The Labute approximate surface area is 184 Å². The predicted octanol–water partition coefficient (Wildman–Crippen LogP) is 3.99. The molecule has 31 heavy (non-hydrogen) atoms. The number of nitrogens with zero attached hydrogens (tertiary/aromatic N) is 1. The second-order valence-electron chi connectivity index (χ2n) is 6.57. The van der Waals surface area contributed by atoms with Gasteiger partial charge in [-0.3, -0.25) is 14.8 Å². The van der Waals surface area contributed by atoms with Crippen LogP contribution in [0.25, 0.3) is 0 Å². The van der Waals surface area contributed by atoms with Crippen molar-refractivity contribution in [3.05, 3.63) is 70.2 Å². The number of nitrogens with one attached hydrogen (secondary N) is 2. The number of rotatable bonds is 7. The molecule has 162 valence electrons. The Morgan fingerprint density at radius 1 is 1.06 bits per heavy atom. The Kier molecular flexibility index (Phi) is 6.71. The molecule has 0 atom stereocenters. The summed E-state index contributed by atoms with van der Waals surface area (Å²) in [6.45, 7) is 5.43. The van der Waals surface area contributed by atoms with Gasteiger partial charge in [0, 0.05) is 0 Å². The zero-order valence-electron chi connectivity index (χ0n) is 17.1. The number of carbonyl (C=O) groups excluding carboxylic acids is 2. The van der Waals surface area contributed by atoms with Gasteiger partial charge in [-0.05, 0) is 45.0 Å². The van der Waals surface area contributed by atoms with Crippen molar-refractivity contribution < 1.29 is 22.7 Å². The SMILES string of the molecule is CCOC(=O)c1sc(NC(=O)c2ccccc2NS(=O)(=O)c2ccc(C)cc2)nc1C. The van der Waals surface area contributed by atoms with Crippen LogP contribution in [0.4, 0.5) is 10.8 Å². The topological polar surface area (TPSA) is 114 Å². The van der Waals surface area contributed by atoms with Gasteiger partial charge in [0.25, 0.3) is 15.9 Å². The monoisotopic (exact) mass is 459 g/mol. The summed E-state index contributed by atoms with van der Waals surface area (Å²) < 4.78 is 32.9. The Hall–Kier alpha value is -3.24. The van der Waals surface area contributed by atoms with Crippen molar-refractivity contribution in [2.45, 2.75) is 25.7 Å². The lowest BCUT2D eigenvalue weighted by atomic mass is 10.2. The summed E-state index contributed by atoms with van der Waals surface area (Å²) in [4.78, 5) is 29.4. The first kappa shape index (κ1) is 22.4. The lowest BCUT2D eigenvalue weighted by molar-refractivity contribution is 0.0531. The van der Waals surface area contributed by atoms with Crippen molar-refractivity contribution >= 4 is 44.1 Å². The van der Waals surface area contributed by atoms with Gasteiger partial charge < -0.3 is 4.74 Å². The largest absolute Gasteiger partial charge is 0.462 e. The van der Waals surface area contributed by atoms with Crippen molar-refractivity contribution in [1.29, 1.82) is 0 Å². The number of benzene rings is 2. The number of esters is 1. The zero-order valence-corrected chi connectivity index (χ0v) is 18.8. The van der Waals surface area contributed by atoms with Gasteiger partial charge in [-0.1, -0.05) is 41.2 Å². The van der Waals surface area contributed by atoms with Gasteiger partial charge in [0.1, 0.15) is 4.88 Å². The second kappa shape index (κ2) is 9.27. The predicted molar refractivity (Wildman–Crippen MR) is 119 cm³/mol. The molecule has 8 nitrogen and oxygen atoms in total. The van der Waals surface area contributed by atoms with Crippen LogP contribution >= 0.6 is 11.3 Å². The van der Waals surface area contributed by atoms with Crippen LogP contribution in [0.3, 0.4) is 0 Å². The minimum Gasteiger partial charge on any atom is -0.462 e. The Bertz CT molecular complexity index is 1220. The van der Waals surface area contributed by atoms with Crippen molar-refractivity contribution in [3.8, 4) is 0 Å². The zero-order chi connectivity index (χ0) is 22.6. The van der Waals surface area contributed by atoms with Crippen LogP contribution < -0.4 is 10.0 Å². The molecule has 0 unspecified atom stereocenters. The molecule has 0 spiro atoms. The van der Waals surface area contributed by atoms with Gasteiger partial charge in [-0.25, -0.2) is 18.2 Å². The van der Waals surface area contributed by atoms with Crippen molar-refractivity contribution in [2.75, 3.05) is 16.6 Å². The maximum atomic E-state index is 12.8. The number of aromatic nitrogens is 1. The molecule has 1 aromatic heterocycles. The van der Waals surface area contributed by atoms with E-state index in [0.717, 1.165) is 16.9 Å². The van der Waals surface area contributed by atoms with E-state index < -0.39 is 21.9 Å². The van der Waals surface area contributed by atoms with E-state index in [1.807, 2.05) is 6.92 Å². The quantitative estimate of drug-likeness (QED) is 0.516. The maximum absolute atomic E-state index is 12.8. The molecule has 10 heteroatoms. The van der Waals surface area contributed by atoms with Crippen LogP contribution in [0.15, 0.2) is 53.4 Å². The fraction of sp³-hybridized carbons (Fsp3) is 0.190. The van der Waals surface area contributed by atoms with E-state index >= 15 is 0 Å². The summed E-state index contributed by atoms with van der Waals surface area (Å²) in [6.07, 6.45) is 0. The first-order valence-electron chi connectivity index (χ1n) is 9.35. The van der Waals surface area contributed by atoms with E-state index in [1.54, 1.807) is 38.1 Å². The molecule has 0 fully saturated rings. The highest BCUT2D eigenvalue weighted by atomic mass is 32.2. The standard InChI is InChI=1S/C21H21N3O5S2/c1-4-29-20(26)18-14(3)22-21(30-18)23-19(25)16-7-5-6-8-17(16)24-31(27,28)15-11-9-13(2)10-12-15/h5-12,24H,4H2,1-3H3,(H,22,23,25). The van der Waals surface area contributed by atoms with Gasteiger partial charge in [0.2, 0.25) is 0 Å². The van der Waals surface area contributed by atoms with Gasteiger partial charge in [-0.2, -0.15) is 0 Å². The molecule has 1 amide bonds. The Balaban J connectivity index is 1.83. The fourth-order valence-electron chi connectivity index (χ4n) is 2.69. The van der Waals surface area contributed by atoms with Crippen molar-refractivity contribution in [3.63, 3.8) is 0 Å². The lowest BCUT2D eigenvalue weighted by Crippen LogP contribution is -2.18. The number of amides is 1. The molecule has 0 saturated heterocycles. The van der Waals surface area contributed by atoms with Crippen LogP contribution in [0.2, 0.25) is 0 Å². The highest BCUT2D eigenvalue weighted by Gasteiger charge is 2.21. The number of para-hydroxylation sites is 1. The van der Waals surface area contributed by atoms with E-state index in [0.29, 0.717) is 10.6 Å². The Morgan fingerprint density at radius 3 is 2.42 bits per heavy atom. The third-order valence-electron chi connectivity index (χ3n) is 4.23. The normalized spacial score (nSPS) is 11.1. The molecule has 2 aromatic carbocycles. The third kappa shape index (κ3) is 5.28. The molecule has 0 bridgehead atoms. The molecule has 3 rings (SSSR count). The number of hydrogen-bond donors (Lipinski definition) is 2. The third-order valence-corrected chi connectivity index (χ3v) is 6.66. The van der Waals surface area contributed by atoms with Crippen LogP contribution in [-0.4, -0.2) is 31.9 Å². The number of carbonyl (C=O) groups is 2. The van der Waals surface area contributed by atoms with Gasteiger partial charge in [-0.15, -0.1) is 0 Å². The average Bonchev–Trinajstić information content (AvgIpc) is 3.08. The highest BCUT2D eigenvalue weighted by molar-refractivity contribution is 7.92. The Morgan fingerprint density at radius 2 is 1.74 bits per heavy atom. The van der Waals surface area contributed by atoms with Crippen LogP contribution in [0.5, 0.6) is 0 Å². The van der Waals surface area contributed by atoms with E-state index in [-0.39, 0.29) is 27.9 Å². The molecule has 0 aliphatic carbocycles. The average molecular weight is 460 g/mol. The fourth-order valence-corrected chi connectivity index (χ4v) is 4.63. The molecular formula is C21H21N3O5S2. The smallest absolute Gasteiger partial charge is 0.350 e. The lowest BCUT2D eigenvalue weighted by Gasteiger charge is -2.12. The van der Waals surface area contributed by atoms with Gasteiger partial charge >= 0.3 is 5.97 Å². The van der Waals surface area contributed by atoms with E-state index in [2.05, 4.69) is 15.0 Å². The van der Waals surface area contributed by atoms with Crippen molar-refractivity contribution in [1.82, 2.24) is 4.98 Å². The summed E-state index contributed by atoms with van der Waals surface area (Å²) in [5.41, 5.74) is 1.61.